The van der Waals surface area contributed by atoms with Crippen molar-refractivity contribution >= 4 is 52.6 Å². The molecule has 4 amide bonds. The lowest BCUT2D eigenvalue weighted by molar-refractivity contribution is -0.137. The van der Waals surface area contributed by atoms with Gasteiger partial charge in [0.15, 0.2) is 0 Å². The molecule has 3 fully saturated rings. The van der Waals surface area contributed by atoms with Crippen molar-refractivity contribution in [3.05, 3.63) is 34.7 Å². The number of fused-ring (bicyclic) bond motifs is 1. The van der Waals surface area contributed by atoms with Gasteiger partial charge in [-0.25, -0.2) is 0 Å². The third-order valence-electron chi connectivity index (χ3n) is 5.67. The maximum absolute atomic E-state index is 12.6. The number of carbonyl (C=O) groups is 4. The van der Waals surface area contributed by atoms with Gasteiger partial charge < -0.3 is 15.0 Å². The summed E-state index contributed by atoms with van der Waals surface area (Å²) in [6.07, 6.45) is 2.88. The molecule has 3 heterocycles. The van der Waals surface area contributed by atoms with E-state index in [1.54, 1.807) is 54.1 Å². The zero-order chi connectivity index (χ0) is 22.2. The van der Waals surface area contributed by atoms with Gasteiger partial charge in [0.1, 0.15) is 11.8 Å². The lowest BCUT2D eigenvalue weighted by Crippen LogP contribution is -2.51. The summed E-state index contributed by atoms with van der Waals surface area (Å²) in [7, 11) is 1.58. The monoisotopic (exact) mass is 461 g/mol. The number of imide groups is 1. The molecular formula is C21H23N3O5S2. The maximum Gasteiger partial charge on any atom is 0.293 e. The number of nitrogens with one attached hydrogen (secondary N) is 1. The molecule has 1 aromatic carbocycles. The van der Waals surface area contributed by atoms with E-state index in [0.29, 0.717) is 22.8 Å². The van der Waals surface area contributed by atoms with E-state index in [-0.39, 0.29) is 40.9 Å². The molecule has 10 heteroatoms. The van der Waals surface area contributed by atoms with Crippen LogP contribution in [0.1, 0.15) is 25.3 Å². The van der Waals surface area contributed by atoms with E-state index in [1.165, 1.54) is 0 Å². The number of benzene rings is 1. The first-order chi connectivity index (χ1) is 14.8. The lowest BCUT2D eigenvalue weighted by atomic mass is 10.2. The Balaban J connectivity index is 1.33. The van der Waals surface area contributed by atoms with Gasteiger partial charge in [0, 0.05) is 25.3 Å². The van der Waals surface area contributed by atoms with Crippen molar-refractivity contribution in [2.75, 3.05) is 26.0 Å². The van der Waals surface area contributed by atoms with Gasteiger partial charge in [0.05, 0.1) is 16.9 Å². The molecule has 4 rings (SSSR count). The van der Waals surface area contributed by atoms with Crippen LogP contribution in [-0.2, 0) is 14.4 Å². The zero-order valence-electron chi connectivity index (χ0n) is 17.3. The van der Waals surface area contributed by atoms with Crippen LogP contribution >= 0.6 is 23.5 Å². The van der Waals surface area contributed by atoms with Gasteiger partial charge in [-0.05, 0) is 48.9 Å². The van der Waals surface area contributed by atoms with Crippen molar-refractivity contribution < 1.29 is 23.9 Å². The second kappa shape index (κ2) is 8.58. The molecule has 31 heavy (non-hydrogen) atoms. The van der Waals surface area contributed by atoms with Gasteiger partial charge in [-0.1, -0.05) is 12.1 Å². The van der Waals surface area contributed by atoms with E-state index in [9.17, 15) is 19.2 Å². The molecule has 3 saturated heterocycles. The Morgan fingerprint density at radius 2 is 2.03 bits per heavy atom. The SMILES string of the molecule is COc1ccc(C=C2SC(=O)N(CCNC(=O)C3CSC4(C)CCC(=O)N34)C2=O)cc1. The highest BCUT2D eigenvalue weighted by molar-refractivity contribution is 8.18. The summed E-state index contributed by atoms with van der Waals surface area (Å²) < 4.78 is 5.12. The predicted molar refractivity (Wildman–Crippen MR) is 119 cm³/mol. The van der Waals surface area contributed by atoms with Crippen LogP contribution in [0, 0.1) is 0 Å². The second-order valence-electron chi connectivity index (χ2n) is 7.66. The Hall–Kier alpha value is -2.46. The Morgan fingerprint density at radius 1 is 1.29 bits per heavy atom. The third kappa shape index (κ3) is 4.18. The van der Waals surface area contributed by atoms with Crippen LogP contribution in [0.25, 0.3) is 6.08 Å². The molecule has 0 radical (unpaired) electrons. The average Bonchev–Trinajstić information content (AvgIpc) is 3.34. The highest BCUT2D eigenvalue weighted by Gasteiger charge is 2.52. The van der Waals surface area contributed by atoms with Crippen molar-refractivity contribution in [1.82, 2.24) is 15.1 Å². The Morgan fingerprint density at radius 3 is 2.74 bits per heavy atom. The van der Waals surface area contributed by atoms with E-state index in [4.69, 9.17) is 4.74 Å². The molecular weight excluding hydrogens is 438 g/mol. The standard InChI is InChI=1S/C21H23N3O5S2/c1-21-8-7-17(25)24(21)15(12-30-21)18(26)22-9-10-23-19(27)16(31-20(23)28)11-13-3-5-14(29-2)6-4-13/h3-6,11,15H,7-10,12H2,1-2H3,(H,22,26). The quantitative estimate of drug-likeness (QED) is 0.650. The number of hydrogen-bond acceptors (Lipinski definition) is 7. The van der Waals surface area contributed by atoms with E-state index in [0.717, 1.165) is 28.6 Å². The molecule has 2 atom stereocenters. The Bertz CT molecular complexity index is 964. The van der Waals surface area contributed by atoms with Crippen LogP contribution < -0.4 is 10.1 Å². The Kier molecular flexibility index (Phi) is 6.02. The molecule has 8 nitrogen and oxygen atoms in total. The first-order valence-corrected chi connectivity index (χ1v) is 11.8. The van der Waals surface area contributed by atoms with Crippen molar-refractivity contribution in [1.29, 1.82) is 0 Å². The second-order valence-corrected chi connectivity index (χ2v) is 10.2. The number of carbonyl (C=O) groups excluding carboxylic acids is 4. The molecule has 0 spiro atoms. The summed E-state index contributed by atoms with van der Waals surface area (Å²) in [5.41, 5.74) is 0.789. The van der Waals surface area contributed by atoms with Crippen LogP contribution in [-0.4, -0.2) is 69.6 Å². The summed E-state index contributed by atoms with van der Waals surface area (Å²) >= 11 is 2.51. The van der Waals surface area contributed by atoms with Crippen molar-refractivity contribution in [3.8, 4) is 5.75 Å². The van der Waals surface area contributed by atoms with Gasteiger partial charge in [0.25, 0.3) is 11.1 Å². The van der Waals surface area contributed by atoms with Gasteiger partial charge >= 0.3 is 0 Å². The minimum Gasteiger partial charge on any atom is -0.497 e. The number of thioether (sulfide) groups is 2. The highest BCUT2D eigenvalue weighted by atomic mass is 32.2. The summed E-state index contributed by atoms with van der Waals surface area (Å²) in [6.45, 7) is 2.22. The lowest BCUT2D eigenvalue weighted by Gasteiger charge is -2.29. The molecule has 0 aliphatic carbocycles. The number of hydrogen-bond donors (Lipinski definition) is 1. The van der Waals surface area contributed by atoms with Crippen LogP contribution in [0.5, 0.6) is 5.75 Å². The van der Waals surface area contributed by atoms with Crippen molar-refractivity contribution in [3.63, 3.8) is 0 Å². The molecule has 0 aromatic heterocycles. The van der Waals surface area contributed by atoms with Crippen LogP contribution in [0.2, 0.25) is 0 Å². The number of rotatable bonds is 6. The molecule has 0 bridgehead atoms. The molecule has 164 valence electrons. The molecule has 3 aliphatic rings. The minimum atomic E-state index is -0.505. The van der Waals surface area contributed by atoms with Crippen molar-refractivity contribution in [2.24, 2.45) is 0 Å². The summed E-state index contributed by atoms with van der Waals surface area (Å²) in [6, 6.07) is 6.67. The van der Waals surface area contributed by atoms with Gasteiger partial charge in [-0.15, -0.1) is 11.8 Å². The largest absolute Gasteiger partial charge is 0.497 e. The first kappa shape index (κ1) is 21.8. The van der Waals surface area contributed by atoms with E-state index in [1.807, 2.05) is 6.92 Å². The third-order valence-corrected chi connectivity index (χ3v) is 8.08. The van der Waals surface area contributed by atoms with Gasteiger partial charge in [0.2, 0.25) is 11.8 Å². The van der Waals surface area contributed by atoms with E-state index in [2.05, 4.69) is 5.32 Å². The fourth-order valence-electron chi connectivity index (χ4n) is 3.97. The number of ether oxygens (including phenoxy) is 1. The highest BCUT2D eigenvalue weighted by Crippen LogP contribution is 2.47. The average molecular weight is 462 g/mol. The maximum atomic E-state index is 12.6. The fraction of sp³-hybridized carbons (Fsp3) is 0.429. The van der Waals surface area contributed by atoms with Crippen LogP contribution in [0.15, 0.2) is 29.2 Å². The zero-order valence-corrected chi connectivity index (χ0v) is 18.9. The molecule has 1 N–H and O–H groups in total. The Labute approximate surface area is 188 Å². The normalized spacial score (nSPS) is 26.7. The van der Waals surface area contributed by atoms with Crippen LogP contribution in [0.4, 0.5) is 4.79 Å². The van der Waals surface area contributed by atoms with Gasteiger partial charge in [-0.3, -0.25) is 24.1 Å². The number of amides is 4. The topological polar surface area (TPSA) is 96.0 Å². The number of methoxy groups -OCH3 is 1. The summed E-state index contributed by atoms with van der Waals surface area (Å²) in [5.74, 6) is 0.645. The van der Waals surface area contributed by atoms with Crippen molar-refractivity contribution in [2.45, 2.75) is 30.7 Å². The molecule has 1 aromatic rings. The van der Waals surface area contributed by atoms with E-state index >= 15 is 0 Å². The molecule has 3 aliphatic heterocycles. The summed E-state index contributed by atoms with van der Waals surface area (Å²) in [5, 5.41) is 2.42. The number of nitrogens with zero attached hydrogens (tertiary/aromatic N) is 2. The molecule has 0 saturated carbocycles. The first-order valence-electron chi connectivity index (χ1n) is 9.96. The minimum absolute atomic E-state index is 0.00209. The smallest absolute Gasteiger partial charge is 0.293 e. The fourth-order valence-corrected chi connectivity index (χ4v) is 6.26. The van der Waals surface area contributed by atoms with Crippen LogP contribution in [0.3, 0.4) is 0 Å². The van der Waals surface area contributed by atoms with E-state index < -0.39 is 6.04 Å². The van der Waals surface area contributed by atoms with Gasteiger partial charge in [-0.2, -0.15) is 0 Å². The summed E-state index contributed by atoms with van der Waals surface area (Å²) in [4.78, 5) is 52.6. The molecule has 2 unspecified atom stereocenters. The predicted octanol–water partition coefficient (Wildman–Crippen LogP) is 2.30.